The number of hydrogen-bond acceptors (Lipinski definition) is 6. The fourth-order valence-electron chi connectivity index (χ4n) is 3.52. The Kier molecular flexibility index (Phi) is 21.8. The lowest BCUT2D eigenvalue weighted by Gasteiger charge is -2.17. The highest BCUT2D eigenvalue weighted by atomic mass is 35.7. The van der Waals surface area contributed by atoms with Gasteiger partial charge in [-0.05, 0) is 12.8 Å². The average molecular weight is 498 g/mol. The molecule has 1 rings (SSSR count). The van der Waals surface area contributed by atoms with Crippen LogP contribution in [0.1, 0.15) is 117 Å². The number of hydrogen-bond donors (Lipinski definition) is 0. The fourth-order valence-corrected chi connectivity index (χ4v) is 5.41. The molecule has 0 radical (unpaired) electrons. The lowest BCUT2D eigenvalue weighted by Crippen LogP contribution is -2.68. The topological polar surface area (TPSA) is 95.2 Å². The highest BCUT2D eigenvalue weighted by Crippen LogP contribution is 2.10. The Bertz CT molecular complexity index is 514. The molecular formula is C23H44ClNO4S2. The summed E-state index contributed by atoms with van der Waals surface area (Å²) in [6.45, 7) is 7.13. The van der Waals surface area contributed by atoms with Gasteiger partial charge in [-0.3, -0.25) is 0 Å². The first kappa shape index (κ1) is 31.0. The van der Waals surface area contributed by atoms with Crippen molar-refractivity contribution in [3.8, 4) is 0 Å². The van der Waals surface area contributed by atoms with Crippen LogP contribution in [0.4, 0.5) is 0 Å². The third-order valence-electron chi connectivity index (χ3n) is 5.21. The Morgan fingerprint density at radius 1 is 0.581 bits per heavy atom. The Balaban J connectivity index is 0.00000161. The molecule has 0 spiro atoms. The molecule has 5 nitrogen and oxygen atoms in total. The van der Waals surface area contributed by atoms with Crippen LogP contribution in [0.3, 0.4) is 0 Å². The van der Waals surface area contributed by atoms with E-state index in [0.29, 0.717) is 0 Å². The van der Waals surface area contributed by atoms with Gasteiger partial charge in [0.15, 0.2) is 0 Å². The van der Waals surface area contributed by atoms with Crippen molar-refractivity contribution >= 4 is 22.7 Å². The third-order valence-corrected chi connectivity index (χ3v) is 7.43. The maximum absolute atomic E-state index is 8.49. The lowest BCUT2D eigenvalue weighted by molar-refractivity contribution is -2.00. The van der Waals surface area contributed by atoms with Crippen LogP contribution >= 0.6 is 22.7 Å². The first-order valence-electron chi connectivity index (χ1n) is 12.1. The van der Waals surface area contributed by atoms with Crippen molar-refractivity contribution in [3.05, 3.63) is 14.7 Å². The smallest absolute Gasteiger partial charge is 0.222 e. The van der Waals surface area contributed by atoms with Crippen molar-refractivity contribution in [2.45, 2.75) is 117 Å². The molecule has 0 saturated carbocycles. The van der Waals surface area contributed by atoms with Crippen molar-refractivity contribution in [2.75, 3.05) is 13.1 Å². The van der Waals surface area contributed by atoms with Gasteiger partial charge in [0.1, 0.15) is 13.1 Å². The molecule has 0 aromatic carbocycles. The predicted molar refractivity (Wildman–Crippen MR) is 122 cm³/mol. The molecule has 0 saturated heterocycles. The Labute approximate surface area is 200 Å². The summed E-state index contributed by atoms with van der Waals surface area (Å²) in [5.74, 6) is 0. The van der Waals surface area contributed by atoms with Crippen LogP contribution in [0.2, 0.25) is 0 Å². The number of unbranched alkanes of at least 4 members (excludes halogenated alkanes) is 14. The van der Waals surface area contributed by atoms with Crippen LogP contribution in [-0.4, -0.2) is 13.1 Å². The van der Waals surface area contributed by atoms with Crippen LogP contribution in [-0.2, 0) is 0 Å². The maximum Gasteiger partial charge on any atom is 0.313 e. The minimum Gasteiger partial charge on any atom is -0.222 e. The van der Waals surface area contributed by atoms with E-state index in [1.54, 1.807) is 0 Å². The molecule has 0 N–H and O–H groups in total. The first-order valence-corrected chi connectivity index (χ1v) is 15.1. The van der Waals surface area contributed by atoms with Gasteiger partial charge in [-0.25, -0.2) is 23.2 Å². The van der Waals surface area contributed by atoms with E-state index in [2.05, 4.69) is 29.2 Å². The summed E-state index contributed by atoms with van der Waals surface area (Å²) in [7, 11) is -4.94. The third kappa shape index (κ3) is 24.5. The van der Waals surface area contributed by atoms with Crippen molar-refractivity contribution < 1.29 is 28.9 Å². The first-order chi connectivity index (χ1) is 14.9. The van der Waals surface area contributed by atoms with Gasteiger partial charge in [0.2, 0.25) is 0 Å². The van der Waals surface area contributed by atoms with Gasteiger partial charge in [0.05, 0.1) is 0 Å². The molecule has 0 aliphatic heterocycles. The van der Waals surface area contributed by atoms with Crippen LogP contribution in [0, 0.1) is 10.2 Å². The molecule has 0 aliphatic rings. The molecule has 184 valence electrons. The average Bonchev–Trinajstić information content (AvgIpc) is 3.24. The van der Waals surface area contributed by atoms with Crippen molar-refractivity contribution in [2.24, 2.45) is 0 Å². The van der Waals surface area contributed by atoms with E-state index in [-0.39, 0.29) is 0 Å². The molecule has 0 fully saturated rings. The minimum absolute atomic E-state index is 1.27. The van der Waals surface area contributed by atoms with Crippen molar-refractivity contribution in [1.29, 1.82) is 0 Å². The van der Waals surface area contributed by atoms with Gasteiger partial charge in [-0.15, -0.1) is 10.2 Å². The molecule has 0 aliphatic carbocycles. The minimum atomic E-state index is -4.94. The molecular weight excluding hydrogens is 454 g/mol. The van der Waals surface area contributed by atoms with E-state index in [0.717, 1.165) is 0 Å². The molecule has 8 heteroatoms. The predicted octanol–water partition coefficient (Wildman–Crippen LogP) is 3.11. The van der Waals surface area contributed by atoms with E-state index in [9.17, 15) is 0 Å². The largest absolute Gasteiger partial charge is 0.313 e. The van der Waals surface area contributed by atoms with Gasteiger partial charge in [-0.2, -0.15) is 0 Å². The lowest BCUT2D eigenvalue weighted by atomic mass is 10.1. The SMILES string of the molecule is CCCCCCCCCC[N+](CCCCCCCCCC)=c1sccs1.[O-][Cl+3]([O-])([O-])[O-]. The van der Waals surface area contributed by atoms with Gasteiger partial charge < -0.3 is 0 Å². The van der Waals surface area contributed by atoms with E-state index < -0.39 is 10.2 Å². The summed E-state index contributed by atoms with van der Waals surface area (Å²) in [4.78, 5) is 0. The van der Waals surface area contributed by atoms with Crippen LogP contribution < -0.4 is 27.2 Å². The molecule has 1 aromatic heterocycles. The van der Waals surface area contributed by atoms with E-state index in [4.69, 9.17) is 18.6 Å². The summed E-state index contributed by atoms with van der Waals surface area (Å²) in [5, 5.41) is 4.49. The fraction of sp³-hybridized carbons (Fsp3) is 0.870. The zero-order valence-corrected chi connectivity index (χ0v) is 22.0. The van der Waals surface area contributed by atoms with Crippen molar-refractivity contribution in [3.63, 3.8) is 0 Å². The van der Waals surface area contributed by atoms with Crippen molar-refractivity contribution in [1.82, 2.24) is 4.58 Å². The number of rotatable bonds is 18. The van der Waals surface area contributed by atoms with Gasteiger partial charge >= 0.3 is 3.98 Å². The van der Waals surface area contributed by atoms with Gasteiger partial charge in [0, 0.05) is 23.6 Å². The second-order valence-electron chi connectivity index (χ2n) is 8.09. The summed E-state index contributed by atoms with van der Waals surface area (Å²) >= 11 is 3.86. The van der Waals surface area contributed by atoms with Gasteiger partial charge in [-0.1, -0.05) is 114 Å². The van der Waals surface area contributed by atoms with E-state index >= 15 is 0 Å². The second-order valence-corrected chi connectivity index (χ2v) is 10.9. The van der Waals surface area contributed by atoms with E-state index in [1.807, 2.05) is 22.7 Å². The highest BCUT2D eigenvalue weighted by molar-refractivity contribution is 7.24. The maximum atomic E-state index is 8.49. The highest BCUT2D eigenvalue weighted by Gasteiger charge is 2.07. The molecule has 1 aromatic rings. The van der Waals surface area contributed by atoms with Crippen LogP contribution in [0.5, 0.6) is 0 Å². The number of halogens is 1. The summed E-state index contributed by atoms with van der Waals surface area (Å²) < 4.78 is 38.2. The zero-order valence-electron chi connectivity index (χ0n) is 19.7. The zero-order chi connectivity index (χ0) is 23.2. The molecule has 0 bridgehead atoms. The normalized spacial score (nSPS) is 11.3. The number of nitrogens with zero attached hydrogens (tertiary/aromatic N) is 1. The quantitative estimate of drug-likeness (QED) is 0.230. The molecule has 0 amide bonds. The van der Waals surface area contributed by atoms with E-state index in [1.165, 1.54) is 120 Å². The van der Waals surface area contributed by atoms with Crippen LogP contribution in [0.15, 0.2) is 10.8 Å². The molecule has 0 unspecified atom stereocenters. The molecule has 31 heavy (non-hydrogen) atoms. The Hall–Kier alpha value is -0.0200. The second kappa shape index (κ2) is 21.8. The van der Waals surface area contributed by atoms with Gasteiger partial charge in [0.25, 0.3) is 0 Å². The standard InChI is InChI=1S/C23H44NS2.ClHO4/c1-3-5-7-9-11-13-15-17-19-24(23-25-21-22-26-23)20-18-16-14-12-10-8-6-4-2;2-1(3,4)5/h21-22H,3-20H2,1-2H3;(H,2,3,4,5)/q+1;/p-1. The monoisotopic (exact) mass is 497 g/mol. The molecule has 0 atom stereocenters. The summed E-state index contributed by atoms with van der Waals surface area (Å²) in [6.07, 6.45) is 22.7. The molecule has 1 heterocycles. The summed E-state index contributed by atoms with van der Waals surface area (Å²) in [6, 6.07) is 0. The van der Waals surface area contributed by atoms with Crippen LogP contribution in [0.25, 0.3) is 0 Å². The Morgan fingerprint density at radius 3 is 1.19 bits per heavy atom. The summed E-state index contributed by atoms with van der Waals surface area (Å²) in [5.41, 5.74) is 0. The Morgan fingerprint density at radius 2 is 0.871 bits per heavy atom.